The van der Waals surface area contributed by atoms with E-state index in [-0.39, 0.29) is 10.0 Å². The van der Waals surface area contributed by atoms with Crippen LogP contribution < -0.4 is 4.74 Å². The molecule has 1 fully saturated rings. The van der Waals surface area contributed by atoms with Gasteiger partial charge >= 0.3 is 5.97 Å². The summed E-state index contributed by atoms with van der Waals surface area (Å²) >= 11 is 3.70. The molecule has 3 rings (SSSR count). The summed E-state index contributed by atoms with van der Waals surface area (Å²) in [4.78, 5) is 12.1. The van der Waals surface area contributed by atoms with Crippen LogP contribution >= 0.6 is 23.5 Å². The van der Waals surface area contributed by atoms with Crippen molar-refractivity contribution in [2.45, 2.75) is 23.8 Å². The molecule has 0 N–H and O–H groups in total. The largest absolute Gasteiger partial charge is 0.466 e. The molecule has 0 unspecified atom stereocenters. The van der Waals surface area contributed by atoms with Crippen LogP contribution in [-0.2, 0) is 13.6 Å². The van der Waals surface area contributed by atoms with E-state index in [2.05, 4.69) is 12.1 Å². The lowest BCUT2D eigenvalue weighted by atomic mass is 10.1. The summed E-state index contributed by atoms with van der Waals surface area (Å²) in [5.41, 5.74) is 1.15. The third-order valence-electron chi connectivity index (χ3n) is 3.91. The van der Waals surface area contributed by atoms with E-state index in [1.54, 1.807) is 0 Å². The summed E-state index contributed by atoms with van der Waals surface area (Å²) in [6, 6.07) is 17.8. The van der Waals surface area contributed by atoms with Crippen LogP contribution in [0.2, 0.25) is 0 Å². The minimum atomic E-state index is -0.254. The van der Waals surface area contributed by atoms with Gasteiger partial charge in [-0.05, 0) is 54.7 Å². The van der Waals surface area contributed by atoms with Crippen molar-refractivity contribution in [2.75, 3.05) is 18.1 Å². The highest BCUT2D eigenvalue weighted by molar-refractivity contribution is 8.18. The Morgan fingerprint density at radius 3 is 2.28 bits per heavy atom. The van der Waals surface area contributed by atoms with E-state index in [0.29, 0.717) is 13.0 Å². The molecule has 25 heavy (non-hydrogen) atoms. The van der Waals surface area contributed by atoms with Crippen molar-refractivity contribution in [1.82, 2.24) is 0 Å². The Morgan fingerprint density at radius 2 is 1.64 bits per heavy atom. The Morgan fingerprint density at radius 1 is 1.00 bits per heavy atom. The lowest BCUT2D eigenvalue weighted by molar-refractivity contribution is -0.143. The van der Waals surface area contributed by atoms with E-state index >= 15 is 0 Å². The maximum atomic E-state index is 12.1. The van der Waals surface area contributed by atoms with E-state index in [9.17, 15) is 4.79 Å². The van der Waals surface area contributed by atoms with E-state index in [0.717, 1.165) is 28.6 Å². The zero-order valence-corrected chi connectivity index (χ0v) is 15.9. The molecular formula is C20H22O3S2. The van der Waals surface area contributed by atoms with Gasteiger partial charge in [0.25, 0.3) is 0 Å². The van der Waals surface area contributed by atoms with Gasteiger partial charge in [0, 0.05) is 0 Å². The fourth-order valence-corrected chi connectivity index (χ4v) is 6.05. The number of hydrogen-bond acceptors (Lipinski definition) is 5. The van der Waals surface area contributed by atoms with E-state index in [4.69, 9.17) is 9.47 Å². The van der Waals surface area contributed by atoms with Crippen molar-refractivity contribution in [3.05, 3.63) is 60.2 Å². The minimum absolute atomic E-state index is 0.131. The smallest absolute Gasteiger partial charge is 0.308 e. The van der Waals surface area contributed by atoms with Gasteiger partial charge in [-0.1, -0.05) is 30.3 Å². The van der Waals surface area contributed by atoms with Gasteiger partial charge in [-0.25, -0.2) is 0 Å². The number of hydrogen-bond donors (Lipinski definition) is 0. The predicted octanol–water partition coefficient (Wildman–Crippen LogP) is 5.46. The topological polar surface area (TPSA) is 35.5 Å². The first kappa shape index (κ1) is 18.2. The molecule has 0 amide bonds. The second kappa shape index (κ2) is 8.68. The summed E-state index contributed by atoms with van der Waals surface area (Å²) in [7, 11) is 0. The van der Waals surface area contributed by atoms with Crippen molar-refractivity contribution < 1.29 is 14.3 Å². The van der Waals surface area contributed by atoms with E-state index in [1.807, 2.05) is 72.9 Å². The summed E-state index contributed by atoms with van der Waals surface area (Å²) in [6.45, 7) is 2.27. The summed E-state index contributed by atoms with van der Waals surface area (Å²) in [5.74, 6) is 3.61. The number of carbonyl (C=O) groups is 1. The molecule has 0 spiro atoms. The summed E-state index contributed by atoms with van der Waals surface area (Å²) in [5, 5.41) is 0. The lowest BCUT2D eigenvalue weighted by Crippen LogP contribution is -2.27. The third-order valence-corrected chi connectivity index (χ3v) is 7.30. The second-order valence-corrected chi connectivity index (χ2v) is 8.77. The lowest BCUT2D eigenvalue weighted by Gasteiger charge is -2.35. The number of para-hydroxylation sites is 1. The van der Waals surface area contributed by atoms with Crippen LogP contribution in [0.4, 0.5) is 0 Å². The Balaban J connectivity index is 1.78. The molecule has 132 valence electrons. The summed E-state index contributed by atoms with van der Waals surface area (Å²) in [6.07, 6.45) is 1.57. The van der Waals surface area contributed by atoms with Gasteiger partial charge in [0.2, 0.25) is 0 Å². The SMILES string of the molecule is CCOC(=O)CC1(c2ccc(Oc3ccccc3)cc2)SCCCS1. The van der Waals surface area contributed by atoms with Gasteiger partial charge in [-0.3, -0.25) is 4.79 Å². The van der Waals surface area contributed by atoms with Crippen molar-refractivity contribution in [3.63, 3.8) is 0 Å². The maximum absolute atomic E-state index is 12.1. The molecule has 1 saturated heterocycles. The molecule has 0 bridgehead atoms. The number of benzene rings is 2. The number of ether oxygens (including phenoxy) is 2. The van der Waals surface area contributed by atoms with Gasteiger partial charge in [0.15, 0.2) is 0 Å². The van der Waals surface area contributed by atoms with Crippen LogP contribution in [-0.4, -0.2) is 24.1 Å². The molecule has 0 aliphatic carbocycles. The van der Waals surface area contributed by atoms with Crippen LogP contribution in [0.5, 0.6) is 11.5 Å². The Hall–Kier alpha value is -1.59. The van der Waals surface area contributed by atoms with Crippen LogP contribution in [0.25, 0.3) is 0 Å². The highest BCUT2D eigenvalue weighted by Crippen LogP contribution is 2.53. The molecule has 0 radical (unpaired) electrons. The van der Waals surface area contributed by atoms with E-state index < -0.39 is 0 Å². The first-order chi connectivity index (χ1) is 12.2. The normalized spacial score (nSPS) is 16.2. The zero-order valence-electron chi connectivity index (χ0n) is 14.3. The van der Waals surface area contributed by atoms with E-state index in [1.165, 1.54) is 6.42 Å². The molecule has 1 aliphatic heterocycles. The average Bonchev–Trinajstić information content (AvgIpc) is 2.64. The second-order valence-electron chi connectivity index (χ2n) is 5.72. The van der Waals surface area contributed by atoms with Crippen molar-refractivity contribution in [2.24, 2.45) is 0 Å². The number of thioether (sulfide) groups is 2. The molecular weight excluding hydrogens is 352 g/mol. The monoisotopic (exact) mass is 374 g/mol. The number of esters is 1. The first-order valence-corrected chi connectivity index (χ1v) is 10.5. The molecule has 3 nitrogen and oxygen atoms in total. The first-order valence-electron chi connectivity index (χ1n) is 8.49. The molecule has 1 aliphatic rings. The van der Waals surface area contributed by atoms with Crippen molar-refractivity contribution in [3.8, 4) is 11.5 Å². The molecule has 2 aromatic carbocycles. The van der Waals surface area contributed by atoms with Crippen LogP contribution in [0.15, 0.2) is 54.6 Å². The fourth-order valence-electron chi connectivity index (χ4n) is 2.75. The molecule has 0 aromatic heterocycles. The van der Waals surface area contributed by atoms with Gasteiger partial charge in [-0.2, -0.15) is 0 Å². The fraction of sp³-hybridized carbons (Fsp3) is 0.350. The average molecular weight is 375 g/mol. The Labute approximate surface area is 157 Å². The van der Waals surface area contributed by atoms with Crippen molar-refractivity contribution in [1.29, 1.82) is 0 Å². The predicted molar refractivity (Wildman–Crippen MR) is 105 cm³/mol. The number of carbonyl (C=O) groups excluding carboxylic acids is 1. The highest BCUT2D eigenvalue weighted by Gasteiger charge is 2.38. The Bertz CT molecular complexity index is 680. The Kier molecular flexibility index (Phi) is 6.32. The third kappa shape index (κ3) is 4.73. The minimum Gasteiger partial charge on any atom is -0.466 e. The number of rotatable bonds is 6. The zero-order chi connectivity index (χ0) is 17.5. The molecule has 2 aromatic rings. The highest BCUT2D eigenvalue weighted by atomic mass is 32.2. The quantitative estimate of drug-likeness (QED) is 0.628. The summed E-state index contributed by atoms with van der Waals surface area (Å²) < 4.78 is 10.8. The van der Waals surface area contributed by atoms with Gasteiger partial charge in [0.05, 0.1) is 17.1 Å². The standard InChI is InChI=1S/C20H22O3S2/c1-2-22-19(21)15-20(24-13-6-14-25-20)16-9-11-18(12-10-16)23-17-7-4-3-5-8-17/h3-5,7-12H,2,6,13-15H2,1H3. The molecule has 0 atom stereocenters. The van der Waals surface area contributed by atoms with Crippen LogP contribution in [0, 0.1) is 0 Å². The molecule has 1 heterocycles. The van der Waals surface area contributed by atoms with Gasteiger partial charge < -0.3 is 9.47 Å². The van der Waals surface area contributed by atoms with Gasteiger partial charge in [-0.15, -0.1) is 23.5 Å². The maximum Gasteiger partial charge on any atom is 0.308 e. The van der Waals surface area contributed by atoms with Crippen molar-refractivity contribution >= 4 is 29.5 Å². The molecule has 0 saturated carbocycles. The van der Waals surface area contributed by atoms with Gasteiger partial charge in [0.1, 0.15) is 11.5 Å². The van der Waals surface area contributed by atoms with Crippen LogP contribution in [0.1, 0.15) is 25.3 Å². The molecule has 5 heteroatoms. The van der Waals surface area contributed by atoms with Crippen LogP contribution in [0.3, 0.4) is 0 Å².